The molecular formula is C17H26N4O. The summed E-state index contributed by atoms with van der Waals surface area (Å²) < 4.78 is 6.07. The molecule has 1 aromatic carbocycles. The number of guanidine groups is 1. The Bertz CT molecular complexity index is 506. The number of nitrogens with zero attached hydrogens (tertiary/aromatic N) is 2. The number of hydrogen-bond acceptors (Lipinski definition) is 5. The summed E-state index contributed by atoms with van der Waals surface area (Å²) in [7, 11) is 2.17. The van der Waals surface area contributed by atoms with Crippen LogP contribution in [0.15, 0.2) is 29.3 Å². The second-order valence-corrected chi connectivity index (χ2v) is 6.35. The van der Waals surface area contributed by atoms with Gasteiger partial charge in [-0.25, -0.2) is 0 Å². The zero-order valence-electron chi connectivity index (χ0n) is 13.5. The lowest BCUT2D eigenvalue weighted by atomic mass is 10.1. The molecule has 2 N–H and O–H groups in total. The second-order valence-electron chi connectivity index (χ2n) is 6.35. The van der Waals surface area contributed by atoms with E-state index in [9.17, 15) is 0 Å². The summed E-state index contributed by atoms with van der Waals surface area (Å²) in [6, 6.07) is 8.82. The van der Waals surface area contributed by atoms with Crippen molar-refractivity contribution in [2.45, 2.75) is 38.5 Å². The molecule has 5 nitrogen and oxygen atoms in total. The van der Waals surface area contributed by atoms with Crippen molar-refractivity contribution in [2.24, 2.45) is 4.99 Å². The molecule has 0 saturated carbocycles. The van der Waals surface area contributed by atoms with E-state index >= 15 is 0 Å². The highest BCUT2D eigenvalue weighted by atomic mass is 16.5. The predicted octanol–water partition coefficient (Wildman–Crippen LogP) is 1.60. The maximum atomic E-state index is 6.07. The fraction of sp³-hybridized carbons (Fsp3) is 0.588. The minimum absolute atomic E-state index is 0.360. The average molecular weight is 302 g/mol. The Balaban J connectivity index is 1.46. The Morgan fingerprint density at radius 3 is 2.64 bits per heavy atom. The van der Waals surface area contributed by atoms with Crippen molar-refractivity contribution in [1.82, 2.24) is 15.5 Å². The van der Waals surface area contributed by atoms with Gasteiger partial charge in [0, 0.05) is 25.7 Å². The molecule has 1 fully saturated rings. The number of aliphatic imine (C=N–C) groups is 1. The van der Waals surface area contributed by atoms with E-state index in [0.29, 0.717) is 12.1 Å². The summed E-state index contributed by atoms with van der Waals surface area (Å²) in [6.45, 7) is 6.02. The summed E-state index contributed by atoms with van der Waals surface area (Å²) in [5.74, 6) is 1.88. The maximum Gasteiger partial charge on any atom is 0.191 e. The number of piperidine rings is 1. The molecule has 1 unspecified atom stereocenters. The Kier molecular flexibility index (Phi) is 4.83. The molecule has 2 heterocycles. The van der Waals surface area contributed by atoms with Gasteiger partial charge in [-0.05, 0) is 44.5 Å². The highest BCUT2D eigenvalue weighted by molar-refractivity contribution is 5.81. The molecule has 3 rings (SSSR count). The van der Waals surface area contributed by atoms with Gasteiger partial charge in [0.1, 0.15) is 11.9 Å². The molecule has 2 aliphatic rings. The molecule has 0 aliphatic carbocycles. The molecular weight excluding hydrogens is 276 g/mol. The number of ether oxygens (including phenoxy) is 1. The lowest BCUT2D eigenvalue weighted by Gasteiger charge is -2.29. The van der Waals surface area contributed by atoms with Gasteiger partial charge in [0.15, 0.2) is 5.96 Å². The Morgan fingerprint density at radius 1 is 1.27 bits per heavy atom. The minimum atomic E-state index is 0.360. The summed E-state index contributed by atoms with van der Waals surface area (Å²) in [4.78, 5) is 6.75. The quantitative estimate of drug-likeness (QED) is 0.887. The number of benzene rings is 1. The van der Waals surface area contributed by atoms with E-state index in [2.05, 4.69) is 58.8 Å². The van der Waals surface area contributed by atoms with E-state index in [1.165, 1.54) is 5.56 Å². The lowest BCUT2D eigenvalue weighted by Crippen LogP contribution is -2.37. The minimum Gasteiger partial charge on any atom is -0.490 e. The molecule has 1 saturated heterocycles. The molecule has 0 amide bonds. The first-order valence-electron chi connectivity index (χ1n) is 8.18. The Hall–Kier alpha value is -1.75. The molecule has 1 atom stereocenters. The maximum absolute atomic E-state index is 6.07. The van der Waals surface area contributed by atoms with Crippen LogP contribution in [0.2, 0.25) is 0 Å². The van der Waals surface area contributed by atoms with Gasteiger partial charge in [-0.15, -0.1) is 0 Å². The van der Waals surface area contributed by atoms with E-state index in [1.54, 1.807) is 0 Å². The van der Waals surface area contributed by atoms with E-state index in [-0.39, 0.29) is 0 Å². The average Bonchev–Trinajstić information content (AvgIpc) is 2.94. The summed E-state index contributed by atoms with van der Waals surface area (Å²) in [6.07, 6.45) is 2.59. The van der Waals surface area contributed by atoms with Crippen LogP contribution in [0.25, 0.3) is 0 Å². The summed E-state index contributed by atoms with van der Waals surface area (Å²) >= 11 is 0. The SMILES string of the molecule is CC1CN=C(NCc2ccc(OC3CCN(C)CC3)cc2)N1. The van der Waals surface area contributed by atoms with Crippen LogP contribution in [0.3, 0.4) is 0 Å². The topological polar surface area (TPSA) is 48.9 Å². The van der Waals surface area contributed by atoms with Gasteiger partial charge in [0.2, 0.25) is 0 Å². The van der Waals surface area contributed by atoms with E-state index < -0.39 is 0 Å². The van der Waals surface area contributed by atoms with Crippen LogP contribution in [0.4, 0.5) is 0 Å². The van der Waals surface area contributed by atoms with Gasteiger partial charge in [-0.3, -0.25) is 4.99 Å². The fourth-order valence-electron chi connectivity index (χ4n) is 2.83. The third kappa shape index (κ3) is 4.13. The number of hydrogen-bond donors (Lipinski definition) is 2. The summed E-state index contributed by atoms with van der Waals surface area (Å²) in [5, 5.41) is 6.63. The van der Waals surface area contributed by atoms with Crippen LogP contribution in [0.1, 0.15) is 25.3 Å². The molecule has 120 valence electrons. The van der Waals surface area contributed by atoms with Crippen LogP contribution in [0, 0.1) is 0 Å². The van der Waals surface area contributed by atoms with E-state index in [1.807, 2.05) is 0 Å². The van der Waals surface area contributed by atoms with Crippen LogP contribution < -0.4 is 15.4 Å². The van der Waals surface area contributed by atoms with Gasteiger partial charge >= 0.3 is 0 Å². The normalized spacial score (nSPS) is 23.0. The molecule has 0 radical (unpaired) electrons. The Morgan fingerprint density at radius 2 is 2.00 bits per heavy atom. The highest BCUT2D eigenvalue weighted by Crippen LogP contribution is 2.19. The zero-order valence-corrected chi connectivity index (χ0v) is 13.5. The molecule has 0 aromatic heterocycles. The van der Waals surface area contributed by atoms with Gasteiger partial charge in [-0.1, -0.05) is 12.1 Å². The van der Waals surface area contributed by atoms with Gasteiger partial charge in [0.05, 0.1) is 6.54 Å². The monoisotopic (exact) mass is 302 g/mol. The highest BCUT2D eigenvalue weighted by Gasteiger charge is 2.17. The van der Waals surface area contributed by atoms with Gasteiger partial charge < -0.3 is 20.3 Å². The third-order valence-corrected chi connectivity index (χ3v) is 4.26. The van der Waals surface area contributed by atoms with Gasteiger partial charge in [-0.2, -0.15) is 0 Å². The van der Waals surface area contributed by atoms with E-state index in [0.717, 1.165) is 50.7 Å². The van der Waals surface area contributed by atoms with Crippen molar-refractivity contribution in [3.05, 3.63) is 29.8 Å². The number of likely N-dealkylation sites (tertiary alicyclic amines) is 1. The Labute approximate surface area is 132 Å². The van der Waals surface area contributed by atoms with Crippen LogP contribution in [-0.4, -0.2) is 49.7 Å². The first kappa shape index (κ1) is 15.2. The number of nitrogens with one attached hydrogen (secondary N) is 2. The molecule has 22 heavy (non-hydrogen) atoms. The van der Waals surface area contributed by atoms with Crippen molar-refractivity contribution in [1.29, 1.82) is 0 Å². The smallest absolute Gasteiger partial charge is 0.191 e. The van der Waals surface area contributed by atoms with Gasteiger partial charge in [0.25, 0.3) is 0 Å². The van der Waals surface area contributed by atoms with Crippen molar-refractivity contribution in [2.75, 3.05) is 26.7 Å². The van der Waals surface area contributed by atoms with Crippen molar-refractivity contribution < 1.29 is 4.74 Å². The van der Waals surface area contributed by atoms with Crippen molar-refractivity contribution >= 4 is 5.96 Å². The third-order valence-electron chi connectivity index (χ3n) is 4.26. The van der Waals surface area contributed by atoms with Crippen LogP contribution >= 0.6 is 0 Å². The standard InChI is InChI=1S/C17H26N4O/c1-13-11-18-17(20-13)19-12-14-3-5-15(6-4-14)22-16-7-9-21(2)10-8-16/h3-6,13,16H,7-12H2,1-2H3,(H2,18,19,20). The lowest BCUT2D eigenvalue weighted by molar-refractivity contribution is 0.114. The second kappa shape index (κ2) is 7.01. The predicted molar refractivity (Wildman–Crippen MR) is 89.3 cm³/mol. The van der Waals surface area contributed by atoms with Crippen LogP contribution in [0.5, 0.6) is 5.75 Å². The van der Waals surface area contributed by atoms with E-state index in [4.69, 9.17) is 4.74 Å². The molecule has 2 aliphatic heterocycles. The first-order valence-corrected chi connectivity index (χ1v) is 8.18. The largest absolute Gasteiger partial charge is 0.490 e. The molecule has 5 heteroatoms. The van der Waals surface area contributed by atoms with Crippen LogP contribution in [-0.2, 0) is 6.54 Å². The molecule has 1 aromatic rings. The molecule has 0 spiro atoms. The van der Waals surface area contributed by atoms with Crippen molar-refractivity contribution in [3.8, 4) is 5.75 Å². The summed E-state index contributed by atoms with van der Waals surface area (Å²) in [5.41, 5.74) is 1.24. The zero-order chi connectivity index (χ0) is 15.4. The molecule has 0 bridgehead atoms. The fourth-order valence-corrected chi connectivity index (χ4v) is 2.83. The van der Waals surface area contributed by atoms with Crippen molar-refractivity contribution in [3.63, 3.8) is 0 Å². The first-order chi connectivity index (χ1) is 10.7. The number of rotatable bonds is 4.